The molecule has 10 nitrogen and oxygen atoms in total. The van der Waals surface area contributed by atoms with Gasteiger partial charge in [0, 0.05) is 61.9 Å². The molecule has 190 valence electrons. The van der Waals surface area contributed by atoms with E-state index in [1.807, 2.05) is 39.8 Å². The Labute approximate surface area is 208 Å². The number of benzene rings is 2. The smallest absolute Gasteiger partial charge is 0.325 e. The first-order chi connectivity index (χ1) is 17.4. The van der Waals surface area contributed by atoms with Gasteiger partial charge in [0.1, 0.15) is 11.8 Å². The first kappa shape index (κ1) is 24.0. The molecule has 1 aromatic heterocycles. The third kappa shape index (κ3) is 4.82. The molecule has 36 heavy (non-hydrogen) atoms. The number of aryl methyl sites for hydroxylation is 1. The Balaban J connectivity index is 1.35. The van der Waals surface area contributed by atoms with Crippen molar-refractivity contribution in [1.29, 1.82) is 0 Å². The molecule has 0 radical (unpaired) electrons. The molecule has 2 aliphatic heterocycles. The maximum absolute atomic E-state index is 12.5. The third-order valence-electron chi connectivity index (χ3n) is 6.83. The zero-order valence-electron chi connectivity index (χ0n) is 20.1. The van der Waals surface area contributed by atoms with Crippen LogP contribution in [-0.4, -0.2) is 76.6 Å². The summed E-state index contributed by atoms with van der Waals surface area (Å²) in [4.78, 5) is 28.0. The van der Waals surface area contributed by atoms with Gasteiger partial charge in [0.05, 0.1) is 13.5 Å². The molecule has 10 heteroatoms. The van der Waals surface area contributed by atoms with Crippen molar-refractivity contribution in [2.45, 2.75) is 25.6 Å². The van der Waals surface area contributed by atoms with Gasteiger partial charge in [0.2, 0.25) is 6.79 Å². The second kappa shape index (κ2) is 10.1. The number of carboxylic acids is 2. The van der Waals surface area contributed by atoms with E-state index in [9.17, 15) is 14.7 Å². The quantitative estimate of drug-likeness (QED) is 0.463. The SMILES string of the molecule is COc1ccc2c(c1)c([C@@H](C(=O)O)N1CCN(Cc3ccc4c(c3)OCO4)CC1)cn2CCC(=O)O. The topological polar surface area (TPSA) is 114 Å². The summed E-state index contributed by atoms with van der Waals surface area (Å²) in [6.45, 7) is 3.87. The van der Waals surface area contributed by atoms with Crippen molar-refractivity contribution in [3.63, 3.8) is 0 Å². The molecule has 1 saturated heterocycles. The zero-order valence-corrected chi connectivity index (χ0v) is 20.1. The Morgan fingerprint density at radius 1 is 1.03 bits per heavy atom. The van der Waals surface area contributed by atoms with E-state index >= 15 is 0 Å². The molecule has 0 saturated carbocycles. The second-order valence-corrected chi connectivity index (χ2v) is 9.05. The predicted octanol–water partition coefficient (Wildman–Crippen LogP) is 2.80. The highest BCUT2D eigenvalue weighted by molar-refractivity contribution is 5.90. The number of rotatable bonds is 9. The van der Waals surface area contributed by atoms with E-state index in [2.05, 4.69) is 4.90 Å². The van der Waals surface area contributed by atoms with Crippen LogP contribution < -0.4 is 14.2 Å². The lowest BCUT2D eigenvalue weighted by molar-refractivity contribution is -0.144. The molecular weight excluding hydrogens is 466 g/mol. The zero-order chi connectivity index (χ0) is 25.2. The average molecular weight is 496 g/mol. The number of aromatic nitrogens is 1. The summed E-state index contributed by atoms with van der Waals surface area (Å²) in [5, 5.41) is 20.2. The molecule has 2 N–H and O–H groups in total. The number of fused-ring (bicyclic) bond motifs is 2. The van der Waals surface area contributed by atoms with Gasteiger partial charge in [-0.1, -0.05) is 6.07 Å². The van der Waals surface area contributed by atoms with Gasteiger partial charge in [0.25, 0.3) is 0 Å². The number of carbonyl (C=O) groups is 2. The van der Waals surface area contributed by atoms with Crippen molar-refractivity contribution in [3.05, 3.63) is 53.7 Å². The number of ether oxygens (including phenoxy) is 3. The van der Waals surface area contributed by atoms with Gasteiger partial charge in [-0.05, 0) is 35.9 Å². The summed E-state index contributed by atoms with van der Waals surface area (Å²) >= 11 is 0. The first-order valence-electron chi connectivity index (χ1n) is 11.9. The highest BCUT2D eigenvalue weighted by Crippen LogP contribution is 2.35. The van der Waals surface area contributed by atoms with Gasteiger partial charge < -0.3 is 29.0 Å². The summed E-state index contributed by atoms with van der Waals surface area (Å²) in [7, 11) is 1.57. The average Bonchev–Trinajstić information content (AvgIpc) is 3.48. The lowest BCUT2D eigenvalue weighted by Gasteiger charge is -2.37. The molecule has 1 fully saturated rings. The molecular formula is C26H29N3O7. The molecule has 0 aliphatic carbocycles. The number of methoxy groups -OCH3 is 1. The molecule has 0 amide bonds. The van der Waals surface area contributed by atoms with Gasteiger partial charge in [-0.2, -0.15) is 0 Å². The van der Waals surface area contributed by atoms with Crippen LogP contribution in [-0.2, 0) is 22.7 Å². The Hall–Kier alpha value is -3.76. The van der Waals surface area contributed by atoms with Crippen molar-refractivity contribution >= 4 is 22.8 Å². The normalized spacial score (nSPS) is 16.8. The Morgan fingerprint density at radius 2 is 1.81 bits per heavy atom. The van der Waals surface area contributed by atoms with Gasteiger partial charge in [0.15, 0.2) is 11.5 Å². The van der Waals surface area contributed by atoms with Crippen LogP contribution in [0.4, 0.5) is 0 Å². The monoisotopic (exact) mass is 495 g/mol. The summed E-state index contributed by atoms with van der Waals surface area (Å²) < 4.78 is 18.1. The fourth-order valence-electron chi connectivity index (χ4n) is 5.01. The van der Waals surface area contributed by atoms with Crippen LogP contribution >= 0.6 is 0 Å². The molecule has 0 bridgehead atoms. The molecule has 3 aromatic rings. The van der Waals surface area contributed by atoms with Crippen molar-refractivity contribution in [2.24, 2.45) is 0 Å². The number of aliphatic carboxylic acids is 2. The first-order valence-corrected chi connectivity index (χ1v) is 11.9. The molecule has 5 rings (SSSR count). The summed E-state index contributed by atoms with van der Waals surface area (Å²) in [5.74, 6) is 0.302. The van der Waals surface area contributed by atoms with Gasteiger partial charge in [-0.3, -0.25) is 19.4 Å². The summed E-state index contributed by atoms with van der Waals surface area (Å²) in [6, 6.07) is 10.6. The van der Waals surface area contributed by atoms with Crippen LogP contribution in [0.25, 0.3) is 10.9 Å². The molecule has 1 atom stereocenters. The number of piperazine rings is 1. The Bertz CT molecular complexity index is 1280. The lowest BCUT2D eigenvalue weighted by atomic mass is 10.0. The van der Waals surface area contributed by atoms with Crippen molar-refractivity contribution in [2.75, 3.05) is 40.1 Å². The fourth-order valence-corrected chi connectivity index (χ4v) is 5.01. The van der Waals surface area contributed by atoms with Crippen molar-refractivity contribution in [1.82, 2.24) is 14.4 Å². The van der Waals surface area contributed by atoms with Crippen LogP contribution in [0.15, 0.2) is 42.6 Å². The molecule has 3 heterocycles. The van der Waals surface area contributed by atoms with Crippen LogP contribution in [0.2, 0.25) is 0 Å². The minimum absolute atomic E-state index is 0.0501. The maximum Gasteiger partial charge on any atom is 0.325 e. The number of hydrogen-bond acceptors (Lipinski definition) is 7. The minimum atomic E-state index is -0.931. The molecule has 2 aromatic carbocycles. The standard InChI is InChI=1S/C26H29N3O7/c1-34-18-3-4-21-19(13-18)20(15-29(21)7-6-24(30)31)25(26(32)33)28-10-8-27(9-11-28)14-17-2-5-22-23(12-17)36-16-35-22/h2-5,12-13,15,25H,6-11,14,16H2,1H3,(H,30,31)(H,32,33)/t25-/m0/s1. The van der Waals surface area contributed by atoms with Gasteiger partial charge >= 0.3 is 11.9 Å². The number of hydrogen-bond donors (Lipinski definition) is 2. The number of carboxylic acid groups (broad SMARTS) is 2. The van der Waals surface area contributed by atoms with E-state index in [4.69, 9.17) is 19.3 Å². The van der Waals surface area contributed by atoms with E-state index in [0.717, 1.165) is 47.6 Å². The van der Waals surface area contributed by atoms with Crippen LogP contribution in [0.5, 0.6) is 17.2 Å². The minimum Gasteiger partial charge on any atom is -0.497 e. The van der Waals surface area contributed by atoms with Crippen molar-refractivity contribution < 1.29 is 34.0 Å². The molecule has 0 unspecified atom stereocenters. The van der Waals surface area contributed by atoms with E-state index < -0.39 is 18.0 Å². The van der Waals surface area contributed by atoms with E-state index in [1.165, 1.54) is 0 Å². The largest absolute Gasteiger partial charge is 0.497 e. The highest BCUT2D eigenvalue weighted by atomic mass is 16.7. The Kier molecular flexibility index (Phi) is 6.71. The van der Waals surface area contributed by atoms with Crippen LogP contribution in [0.1, 0.15) is 23.6 Å². The lowest BCUT2D eigenvalue weighted by Crippen LogP contribution is -2.48. The van der Waals surface area contributed by atoms with Crippen LogP contribution in [0.3, 0.4) is 0 Å². The summed E-state index contributed by atoms with van der Waals surface area (Å²) in [6.07, 6.45) is 1.73. The van der Waals surface area contributed by atoms with E-state index in [0.29, 0.717) is 24.4 Å². The van der Waals surface area contributed by atoms with Crippen molar-refractivity contribution in [3.8, 4) is 17.2 Å². The van der Waals surface area contributed by atoms with Gasteiger partial charge in [-0.25, -0.2) is 0 Å². The number of nitrogens with zero attached hydrogens (tertiary/aromatic N) is 3. The Morgan fingerprint density at radius 3 is 2.53 bits per heavy atom. The highest BCUT2D eigenvalue weighted by Gasteiger charge is 2.33. The second-order valence-electron chi connectivity index (χ2n) is 9.05. The predicted molar refractivity (Wildman–Crippen MR) is 131 cm³/mol. The van der Waals surface area contributed by atoms with Gasteiger partial charge in [-0.15, -0.1) is 0 Å². The van der Waals surface area contributed by atoms with Crippen LogP contribution in [0, 0.1) is 0 Å². The fraction of sp³-hybridized carbons (Fsp3) is 0.385. The summed E-state index contributed by atoms with van der Waals surface area (Å²) in [5.41, 5.74) is 2.56. The molecule has 2 aliphatic rings. The van der Waals surface area contributed by atoms with E-state index in [1.54, 1.807) is 19.4 Å². The van der Waals surface area contributed by atoms with E-state index in [-0.39, 0.29) is 19.8 Å². The third-order valence-corrected chi connectivity index (χ3v) is 6.83. The molecule has 0 spiro atoms. The maximum atomic E-state index is 12.5.